The predicted octanol–water partition coefficient (Wildman–Crippen LogP) is 2.34. The number of piperidine rings is 1. The van der Waals surface area contributed by atoms with Crippen LogP contribution >= 0.6 is 11.6 Å². The van der Waals surface area contributed by atoms with Crippen molar-refractivity contribution >= 4 is 11.6 Å². The highest BCUT2D eigenvalue weighted by Crippen LogP contribution is 2.13. The van der Waals surface area contributed by atoms with Crippen molar-refractivity contribution in [1.82, 2.24) is 4.90 Å². The SMILES string of the molecule is OC1CCN(CCc2cccc(Cl)c2)CC1. The Labute approximate surface area is 102 Å². The number of hydrogen-bond acceptors (Lipinski definition) is 2. The second-order valence-electron chi connectivity index (χ2n) is 4.45. The first-order valence-corrected chi connectivity index (χ1v) is 6.27. The Morgan fingerprint density at radius 2 is 2.06 bits per heavy atom. The normalized spacial score (nSPS) is 18.9. The first-order chi connectivity index (χ1) is 7.74. The fourth-order valence-corrected chi connectivity index (χ4v) is 2.34. The molecule has 0 radical (unpaired) electrons. The Morgan fingerprint density at radius 3 is 2.75 bits per heavy atom. The van der Waals surface area contributed by atoms with Crippen LogP contribution in [0.1, 0.15) is 18.4 Å². The summed E-state index contributed by atoms with van der Waals surface area (Å²) in [6, 6.07) is 8.05. The molecule has 0 bridgehead atoms. The van der Waals surface area contributed by atoms with Crippen LogP contribution in [0.15, 0.2) is 24.3 Å². The molecular formula is C13H18ClNO. The summed E-state index contributed by atoms with van der Waals surface area (Å²) in [4.78, 5) is 2.41. The quantitative estimate of drug-likeness (QED) is 0.875. The molecule has 1 aliphatic rings. The third kappa shape index (κ3) is 3.48. The van der Waals surface area contributed by atoms with E-state index in [4.69, 9.17) is 11.6 Å². The molecule has 1 saturated heterocycles. The van der Waals surface area contributed by atoms with Gasteiger partial charge in [-0.1, -0.05) is 23.7 Å². The molecule has 0 unspecified atom stereocenters. The number of likely N-dealkylation sites (tertiary alicyclic amines) is 1. The lowest BCUT2D eigenvalue weighted by Crippen LogP contribution is -2.37. The molecule has 1 heterocycles. The minimum atomic E-state index is -0.0811. The number of rotatable bonds is 3. The maximum Gasteiger partial charge on any atom is 0.0564 e. The minimum absolute atomic E-state index is 0.0811. The minimum Gasteiger partial charge on any atom is -0.393 e. The van der Waals surface area contributed by atoms with Crippen molar-refractivity contribution in [2.45, 2.75) is 25.4 Å². The Kier molecular flexibility index (Phi) is 4.22. The van der Waals surface area contributed by atoms with E-state index in [-0.39, 0.29) is 6.10 Å². The smallest absolute Gasteiger partial charge is 0.0564 e. The highest BCUT2D eigenvalue weighted by atomic mass is 35.5. The van der Waals surface area contributed by atoms with Crippen LogP contribution in [0.2, 0.25) is 5.02 Å². The lowest BCUT2D eigenvalue weighted by molar-refractivity contribution is 0.0832. The summed E-state index contributed by atoms with van der Waals surface area (Å²) < 4.78 is 0. The standard InChI is InChI=1S/C13H18ClNO/c14-12-3-1-2-11(10-12)4-7-15-8-5-13(16)6-9-15/h1-3,10,13,16H,4-9H2. The molecule has 1 fully saturated rings. The Bertz CT molecular complexity index is 334. The van der Waals surface area contributed by atoms with Gasteiger partial charge in [-0.2, -0.15) is 0 Å². The van der Waals surface area contributed by atoms with Crippen molar-refractivity contribution in [1.29, 1.82) is 0 Å². The molecule has 0 atom stereocenters. The van der Waals surface area contributed by atoms with Gasteiger partial charge in [0, 0.05) is 24.7 Å². The summed E-state index contributed by atoms with van der Waals surface area (Å²) in [7, 11) is 0. The van der Waals surface area contributed by atoms with E-state index in [0.29, 0.717) is 0 Å². The van der Waals surface area contributed by atoms with Gasteiger partial charge in [0.2, 0.25) is 0 Å². The maximum absolute atomic E-state index is 9.40. The molecule has 0 saturated carbocycles. The molecule has 1 aromatic rings. The monoisotopic (exact) mass is 239 g/mol. The molecule has 3 heteroatoms. The van der Waals surface area contributed by atoms with Crippen molar-refractivity contribution in [2.24, 2.45) is 0 Å². The van der Waals surface area contributed by atoms with Crippen LogP contribution in [0.4, 0.5) is 0 Å². The van der Waals surface area contributed by atoms with E-state index < -0.39 is 0 Å². The highest BCUT2D eigenvalue weighted by molar-refractivity contribution is 6.30. The Hall–Kier alpha value is -0.570. The van der Waals surface area contributed by atoms with Crippen molar-refractivity contribution in [3.63, 3.8) is 0 Å². The molecule has 16 heavy (non-hydrogen) atoms. The molecule has 1 aliphatic heterocycles. The molecular weight excluding hydrogens is 222 g/mol. The molecule has 2 nitrogen and oxygen atoms in total. The van der Waals surface area contributed by atoms with Crippen molar-refractivity contribution < 1.29 is 5.11 Å². The zero-order valence-electron chi connectivity index (χ0n) is 9.40. The van der Waals surface area contributed by atoms with E-state index in [0.717, 1.165) is 43.9 Å². The molecule has 0 amide bonds. The zero-order valence-corrected chi connectivity index (χ0v) is 10.2. The molecule has 0 spiro atoms. The number of aliphatic hydroxyl groups is 1. The summed E-state index contributed by atoms with van der Waals surface area (Å²) >= 11 is 5.94. The van der Waals surface area contributed by atoms with E-state index in [9.17, 15) is 5.11 Å². The summed E-state index contributed by atoms with van der Waals surface area (Å²) in [6.07, 6.45) is 2.78. The van der Waals surface area contributed by atoms with Crippen LogP contribution in [0.3, 0.4) is 0 Å². The van der Waals surface area contributed by atoms with Crippen LogP contribution in [-0.2, 0) is 6.42 Å². The number of halogens is 1. The van der Waals surface area contributed by atoms with Crippen molar-refractivity contribution in [3.05, 3.63) is 34.9 Å². The van der Waals surface area contributed by atoms with Crippen LogP contribution < -0.4 is 0 Å². The van der Waals surface area contributed by atoms with Crippen LogP contribution in [0, 0.1) is 0 Å². The summed E-state index contributed by atoms with van der Waals surface area (Å²) in [5.74, 6) is 0. The van der Waals surface area contributed by atoms with Gasteiger partial charge in [0.25, 0.3) is 0 Å². The van der Waals surface area contributed by atoms with Crippen molar-refractivity contribution in [3.8, 4) is 0 Å². The maximum atomic E-state index is 9.40. The average molecular weight is 240 g/mol. The van der Waals surface area contributed by atoms with Gasteiger partial charge < -0.3 is 10.0 Å². The molecule has 0 aromatic heterocycles. The lowest BCUT2D eigenvalue weighted by Gasteiger charge is -2.29. The van der Waals surface area contributed by atoms with Gasteiger partial charge in [0.05, 0.1) is 6.10 Å². The van der Waals surface area contributed by atoms with Gasteiger partial charge in [0.1, 0.15) is 0 Å². The Morgan fingerprint density at radius 1 is 1.31 bits per heavy atom. The molecule has 1 N–H and O–H groups in total. The molecule has 1 aromatic carbocycles. The van der Waals surface area contributed by atoms with Gasteiger partial charge in [0.15, 0.2) is 0 Å². The van der Waals surface area contributed by atoms with E-state index in [1.807, 2.05) is 18.2 Å². The van der Waals surface area contributed by atoms with Gasteiger partial charge in [-0.3, -0.25) is 0 Å². The van der Waals surface area contributed by atoms with Gasteiger partial charge >= 0.3 is 0 Å². The van der Waals surface area contributed by atoms with Crippen molar-refractivity contribution in [2.75, 3.05) is 19.6 Å². The molecule has 88 valence electrons. The fourth-order valence-electron chi connectivity index (χ4n) is 2.12. The predicted molar refractivity (Wildman–Crippen MR) is 66.8 cm³/mol. The zero-order chi connectivity index (χ0) is 11.4. The van der Waals surface area contributed by atoms with Crippen LogP contribution in [0.25, 0.3) is 0 Å². The number of benzene rings is 1. The summed E-state index contributed by atoms with van der Waals surface area (Å²) in [6.45, 7) is 3.09. The van der Waals surface area contributed by atoms with Gasteiger partial charge in [-0.25, -0.2) is 0 Å². The Balaban J connectivity index is 1.79. The largest absolute Gasteiger partial charge is 0.393 e. The summed E-state index contributed by atoms with van der Waals surface area (Å²) in [5, 5.41) is 10.2. The second-order valence-corrected chi connectivity index (χ2v) is 4.89. The number of aliphatic hydroxyl groups excluding tert-OH is 1. The third-order valence-electron chi connectivity index (χ3n) is 3.16. The molecule has 2 rings (SSSR count). The first-order valence-electron chi connectivity index (χ1n) is 5.89. The fraction of sp³-hybridized carbons (Fsp3) is 0.538. The highest BCUT2D eigenvalue weighted by Gasteiger charge is 2.16. The van der Waals surface area contributed by atoms with Crippen LogP contribution in [-0.4, -0.2) is 35.7 Å². The lowest BCUT2D eigenvalue weighted by atomic mass is 10.1. The second kappa shape index (κ2) is 5.67. The first kappa shape index (κ1) is 11.9. The topological polar surface area (TPSA) is 23.5 Å². The van der Waals surface area contributed by atoms with E-state index in [1.54, 1.807) is 0 Å². The van der Waals surface area contributed by atoms with Gasteiger partial charge in [-0.05, 0) is 37.0 Å². The number of hydrogen-bond donors (Lipinski definition) is 1. The summed E-state index contributed by atoms with van der Waals surface area (Å²) in [5.41, 5.74) is 1.29. The number of nitrogens with zero attached hydrogens (tertiary/aromatic N) is 1. The van der Waals surface area contributed by atoms with Crippen LogP contribution in [0.5, 0.6) is 0 Å². The van der Waals surface area contributed by atoms with E-state index in [1.165, 1.54) is 5.56 Å². The third-order valence-corrected chi connectivity index (χ3v) is 3.40. The van der Waals surface area contributed by atoms with Gasteiger partial charge in [-0.15, -0.1) is 0 Å². The molecule has 0 aliphatic carbocycles. The van der Waals surface area contributed by atoms with E-state index in [2.05, 4.69) is 11.0 Å². The van der Waals surface area contributed by atoms with E-state index >= 15 is 0 Å². The average Bonchev–Trinajstić information content (AvgIpc) is 2.28.